The van der Waals surface area contributed by atoms with Gasteiger partial charge in [-0.15, -0.1) is 0 Å². The number of nitrogens with zero attached hydrogens (tertiary/aromatic N) is 3. The summed E-state index contributed by atoms with van der Waals surface area (Å²) in [6, 6.07) is 6.38. The van der Waals surface area contributed by atoms with Crippen LogP contribution in [0.4, 0.5) is 17.3 Å². The van der Waals surface area contributed by atoms with Gasteiger partial charge in [0.05, 0.1) is 6.61 Å². The predicted molar refractivity (Wildman–Crippen MR) is 84.6 cm³/mol. The van der Waals surface area contributed by atoms with Gasteiger partial charge in [0, 0.05) is 36.7 Å². The fourth-order valence-corrected chi connectivity index (χ4v) is 2.52. The van der Waals surface area contributed by atoms with Gasteiger partial charge in [-0.25, -0.2) is 4.98 Å². The van der Waals surface area contributed by atoms with Gasteiger partial charge in [0.2, 0.25) is 11.8 Å². The van der Waals surface area contributed by atoms with Crippen molar-refractivity contribution >= 4 is 17.3 Å². The predicted octanol–water partition coefficient (Wildman–Crippen LogP) is 2.92. The first-order valence-corrected chi connectivity index (χ1v) is 7.25. The van der Waals surface area contributed by atoms with Crippen molar-refractivity contribution in [3.05, 3.63) is 35.5 Å². The van der Waals surface area contributed by atoms with Gasteiger partial charge in [0.1, 0.15) is 0 Å². The Balaban J connectivity index is 1.84. The van der Waals surface area contributed by atoms with Crippen LogP contribution in [-0.2, 0) is 6.42 Å². The summed E-state index contributed by atoms with van der Waals surface area (Å²) in [5.41, 5.74) is 4.60. The fourth-order valence-electron chi connectivity index (χ4n) is 2.52. The van der Waals surface area contributed by atoms with Crippen LogP contribution in [-0.4, -0.2) is 30.2 Å². The zero-order valence-corrected chi connectivity index (χ0v) is 12.7. The summed E-state index contributed by atoms with van der Waals surface area (Å²) in [6.07, 6.45) is 2.89. The van der Waals surface area contributed by atoms with Gasteiger partial charge in [-0.1, -0.05) is 6.07 Å². The fraction of sp³-hybridized carbons (Fsp3) is 0.375. The number of anilines is 3. The van der Waals surface area contributed by atoms with E-state index in [1.807, 2.05) is 13.8 Å². The monoisotopic (exact) mass is 284 g/mol. The quantitative estimate of drug-likeness (QED) is 0.935. The van der Waals surface area contributed by atoms with Crippen molar-refractivity contribution in [1.82, 2.24) is 9.97 Å². The number of hydrogen-bond acceptors (Lipinski definition) is 5. The molecule has 5 nitrogen and oxygen atoms in total. The molecule has 0 unspecified atom stereocenters. The zero-order valence-electron chi connectivity index (χ0n) is 12.7. The van der Waals surface area contributed by atoms with E-state index in [9.17, 15) is 0 Å². The molecule has 1 aliphatic rings. The minimum absolute atomic E-state index is 0.560. The van der Waals surface area contributed by atoms with Gasteiger partial charge in [-0.3, -0.25) is 0 Å². The van der Waals surface area contributed by atoms with Crippen LogP contribution < -0.4 is 15.0 Å². The van der Waals surface area contributed by atoms with E-state index in [2.05, 4.69) is 45.4 Å². The van der Waals surface area contributed by atoms with Crippen molar-refractivity contribution in [1.29, 1.82) is 0 Å². The SMILES string of the molecule is CCOc1nc(Nc2ccc3c(c2)N(C)CC3)ncc1C. The standard InChI is InChI=1S/C16H20N4O/c1-4-21-15-11(2)10-17-16(19-15)18-13-6-5-12-7-8-20(3)14(12)9-13/h5-6,9-10H,4,7-8H2,1-3H3,(H,17,18,19). The number of aromatic nitrogens is 2. The highest BCUT2D eigenvalue weighted by atomic mass is 16.5. The third-order valence-corrected chi connectivity index (χ3v) is 3.68. The molecule has 21 heavy (non-hydrogen) atoms. The molecular formula is C16H20N4O. The molecule has 1 N–H and O–H groups in total. The average molecular weight is 284 g/mol. The maximum absolute atomic E-state index is 5.51. The Bertz CT molecular complexity index is 657. The van der Waals surface area contributed by atoms with Gasteiger partial charge >= 0.3 is 0 Å². The first kappa shape index (κ1) is 13.7. The molecule has 1 aromatic heterocycles. The Kier molecular flexibility index (Phi) is 3.64. The summed E-state index contributed by atoms with van der Waals surface area (Å²) in [4.78, 5) is 11.0. The number of fused-ring (bicyclic) bond motifs is 1. The Morgan fingerprint density at radius 1 is 1.38 bits per heavy atom. The normalized spacial score (nSPS) is 13.2. The molecule has 0 bridgehead atoms. The van der Waals surface area contributed by atoms with E-state index < -0.39 is 0 Å². The van der Waals surface area contributed by atoms with Crippen LogP contribution in [0, 0.1) is 6.92 Å². The number of hydrogen-bond donors (Lipinski definition) is 1. The lowest BCUT2D eigenvalue weighted by atomic mass is 10.1. The largest absolute Gasteiger partial charge is 0.478 e. The molecule has 5 heteroatoms. The number of nitrogens with one attached hydrogen (secondary N) is 1. The van der Waals surface area contributed by atoms with Gasteiger partial charge in [0.25, 0.3) is 0 Å². The van der Waals surface area contributed by atoms with Crippen molar-refractivity contribution in [3.63, 3.8) is 0 Å². The van der Waals surface area contributed by atoms with Crippen LogP contribution in [0.25, 0.3) is 0 Å². The number of benzene rings is 1. The topological polar surface area (TPSA) is 50.3 Å². The zero-order chi connectivity index (χ0) is 14.8. The highest BCUT2D eigenvalue weighted by Gasteiger charge is 2.16. The first-order chi connectivity index (χ1) is 10.2. The van der Waals surface area contributed by atoms with E-state index in [1.165, 1.54) is 11.3 Å². The summed E-state index contributed by atoms with van der Waals surface area (Å²) in [5, 5.41) is 3.25. The van der Waals surface area contributed by atoms with Crippen molar-refractivity contribution < 1.29 is 4.74 Å². The van der Waals surface area contributed by atoms with E-state index in [1.54, 1.807) is 6.20 Å². The van der Waals surface area contributed by atoms with Crippen LogP contribution in [0.15, 0.2) is 24.4 Å². The maximum atomic E-state index is 5.51. The summed E-state index contributed by atoms with van der Waals surface area (Å²) >= 11 is 0. The average Bonchev–Trinajstić information content (AvgIpc) is 2.84. The molecule has 0 amide bonds. The minimum atomic E-state index is 0.560. The molecule has 0 saturated carbocycles. The number of ether oxygens (including phenoxy) is 1. The van der Waals surface area contributed by atoms with Gasteiger partial charge < -0.3 is 15.0 Å². The highest BCUT2D eigenvalue weighted by molar-refractivity contribution is 5.67. The Labute approximate surface area is 125 Å². The first-order valence-electron chi connectivity index (χ1n) is 7.25. The number of aryl methyl sites for hydroxylation is 1. The summed E-state index contributed by atoms with van der Waals surface area (Å²) in [6.45, 7) is 5.57. The second-order valence-corrected chi connectivity index (χ2v) is 5.25. The third kappa shape index (κ3) is 2.77. The second kappa shape index (κ2) is 5.60. The molecule has 2 aromatic rings. The summed E-state index contributed by atoms with van der Waals surface area (Å²) in [7, 11) is 2.12. The molecule has 1 aromatic carbocycles. The molecule has 3 rings (SSSR count). The van der Waals surface area contributed by atoms with Crippen molar-refractivity contribution in [2.24, 2.45) is 0 Å². The van der Waals surface area contributed by atoms with Gasteiger partial charge in [0.15, 0.2) is 0 Å². The van der Waals surface area contributed by atoms with Crippen LogP contribution in [0.5, 0.6) is 5.88 Å². The molecule has 0 radical (unpaired) electrons. The minimum Gasteiger partial charge on any atom is -0.478 e. The number of likely N-dealkylation sites (N-methyl/N-ethyl adjacent to an activating group) is 1. The molecule has 0 saturated heterocycles. The Morgan fingerprint density at radius 2 is 2.24 bits per heavy atom. The third-order valence-electron chi connectivity index (χ3n) is 3.68. The molecule has 0 atom stereocenters. The smallest absolute Gasteiger partial charge is 0.230 e. The van der Waals surface area contributed by atoms with Crippen molar-refractivity contribution in [2.45, 2.75) is 20.3 Å². The highest BCUT2D eigenvalue weighted by Crippen LogP contribution is 2.30. The lowest BCUT2D eigenvalue weighted by Gasteiger charge is -2.14. The van der Waals surface area contributed by atoms with Crippen LogP contribution >= 0.6 is 0 Å². The molecular weight excluding hydrogens is 264 g/mol. The van der Waals surface area contributed by atoms with E-state index in [-0.39, 0.29) is 0 Å². The summed E-state index contributed by atoms with van der Waals surface area (Å²) in [5.74, 6) is 1.19. The summed E-state index contributed by atoms with van der Waals surface area (Å²) < 4.78 is 5.51. The van der Waals surface area contributed by atoms with Gasteiger partial charge in [-0.05, 0) is 38.0 Å². The lowest BCUT2D eigenvalue weighted by Crippen LogP contribution is -2.12. The molecule has 0 spiro atoms. The molecule has 0 aliphatic carbocycles. The van der Waals surface area contributed by atoms with E-state index in [0.717, 1.165) is 24.2 Å². The van der Waals surface area contributed by atoms with Crippen molar-refractivity contribution in [3.8, 4) is 5.88 Å². The maximum Gasteiger partial charge on any atom is 0.230 e. The van der Waals surface area contributed by atoms with Gasteiger partial charge in [-0.2, -0.15) is 4.98 Å². The molecule has 110 valence electrons. The van der Waals surface area contributed by atoms with Crippen LogP contribution in [0.3, 0.4) is 0 Å². The second-order valence-electron chi connectivity index (χ2n) is 5.25. The van der Waals surface area contributed by atoms with E-state index in [0.29, 0.717) is 18.4 Å². The van der Waals surface area contributed by atoms with E-state index in [4.69, 9.17) is 4.74 Å². The molecule has 0 fully saturated rings. The molecule has 2 heterocycles. The Hall–Kier alpha value is -2.30. The lowest BCUT2D eigenvalue weighted by molar-refractivity contribution is 0.324. The molecule has 1 aliphatic heterocycles. The Morgan fingerprint density at radius 3 is 3.05 bits per heavy atom. The van der Waals surface area contributed by atoms with Crippen molar-refractivity contribution in [2.75, 3.05) is 30.4 Å². The van der Waals surface area contributed by atoms with E-state index >= 15 is 0 Å². The number of rotatable bonds is 4. The van der Waals surface area contributed by atoms with Crippen LogP contribution in [0.2, 0.25) is 0 Å². The van der Waals surface area contributed by atoms with Crippen LogP contribution in [0.1, 0.15) is 18.1 Å².